The van der Waals surface area contributed by atoms with Gasteiger partial charge in [-0.1, -0.05) is 18.2 Å². The lowest BCUT2D eigenvalue weighted by molar-refractivity contribution is -0.120. The molecule has 5 heteroatoms. The fourth-order valence-corrected chi connectivity index (χ4v) is 2.95. The van der Waals surface area contributed by atoms with Crippen molar-refractivity contribution in [1.82, 2.24) is 5.32 Å². The second-order valence-electron chi connectivity index (χ2n) is 3.79. The van der Waals surface area contributed by atoms with Gasteiger partial charge in [0.05, 0.1) is 16.8 Å². The van der Waals surface area contributed by atoms with Crippen LogP contribution in [0.4, 0.5) is 0 Å². The molecule has 0 aliphatic heterocycles. The number of phenols is 1. The monoisotopic (exact) mass is 325 g/mol. The zero-order valence-corrected chi connectivity index (χ0v) is 11.9. The molecule has 18 heavy (non-hydrogen) atoms. The van der Waals surface area contributed by atoms with Crippen LogP contribution in [0.1, 0.15) is 10.4 Å². The Bertz CT molecular complexity index is 553. The first-order valence-corrected chi connectivity index (χ1v) is 7.04. The van der Waals surface area contributed by atoms with Gasteiger partial charge in [-0.25, -0.2) is 0 Å². The summed E-state index contributed by atoms with van der Waals surface area (Å²) in [4.78, 5) is 12.8. The molecule has 2 aromatic rings. The quantitative estimate of drug-likeness (QED) is 0.907. The third-order valence-corrected chi connectivity index (χ3v) is 4.05. The van der Waals surface area contributed by atoms with Gasteiger partial charge in [0, 0.05) is 10.4 Å². The third kappa shape index (κ3) is 3.58. The minimum Gasteiger partial charge on any atom is -0.508 e. The van der Waals surface area contributed by atoms with Crippen LogP contribution in [0.25, 0.3) is 0 Å². The first kappa shape index (κ1) is 13.1. The van der Waals surface area contributed by atoms with Crippen molar-refractivity contribution in [2.24, 2.45) is 0 Å². The largest absolute Gasteiger partial charge is 0.508 e. The highest BCUT2D eigenvalue weighted by atomic mass is 79.9. The lowest BCUT2D eigenvalue weighted by Crippen LogP contribution is -2.24. The Kier molecular flexibility index (Phi) is 4.38. The van der Waals surface area contributed by atoms with Gasteiger partial charge < -0.3 is 10.4 Å². The van der Waals surface area contributed by atoms with Crippen LogP contribution in [0.15, 0.2) is 40.2 Å². The number of para-hydroxylation sites is 1. The van der Waals surface area contributed by atoms with Crippen LogP contribution in [0.3, 0.4) is 0 Å². The van der Waals surface area contributed by atoms with Crippen molar-refractivity contribution in [3.05, 3.63) is 50.6 Å². The smallest absolute Gasteiger partial charge is 0.224 e. The highest BCUT2D eigenvalue weighted by Gasteiger charge is 2.07. The SMILES string of the molecule is O=C(Cc1ccccc1O)NCc1ccc(Br)s1. The molecule has 1 aromatic carbocycles. The Morgan fingerprint density at radius 2 is 2.06 bits per heavy atom. The van der Waals surface area contributed by atoms with Crippen molar-refractivity contribution in [3.8, 4) is 5.75 Å². The van der Waals surface area contributed by atoms with Gasteiger partial charge >= 0.3 is 0 Å². The number of nitrogens with one attached hydrogen (secondary N) is 1. The molecule has 0 radical (unpaired) electrons. The molecule has 1 amide bonds. The topological polar surface area (TPSA) is 49.3 Å². The van der Waals surface area contributed by atoms with E-state index in [9.17, 15) is 9.90 Å². The van der Waals surface area contributed by atoms with Crippen molar-refractivity contribution in [3.63, 3.8) is 0 Å². The zero-order chi connectivity index (χ0) is 13.0. The highest BCUT2D eigenvalue weighted by Crippen LogP contribution is 2.22. The molecule has 0 saturated heterocycles. The summed E-state index contributed by atoms with van der Waals surface area (Å²) in [6.45, 7) is 0.517. The van der Waals surface area contributed by atoms with Crippen molar-refractivity contribution in [2.75, 3.05) is 0 Å². The van der Waals surface area contributed by atoms with Gasteiger partial charge in [0.1, 0.15) is 5.75 Å². The number of halogens is 1. The number of thiophene rings is 1. The normalized spacial score (nSPS) is 10.3. The van der Waals surface area contributed by atoms with Crippen molar-refractivity contribution in [1.29, 1.82) is 0 Å². The Morgan fingerprint density at radius 3 is 2.72 bits per heavy atom. The van der Waals surface area contributed by atoms with Gasteiger partial charge in [0.2, 0.25) is 5.91 Å². The van der Waals surface area contributed by atoms with Gasteiger partial charge in [-0.2, -0.15) is 0 Å². The molecule has 2 N–H and O–H groups in total. The van der Waals surface area contributed by atoms with E-state index in [1.165, 1.54) is 0 Å². The number of carbonyl (C=O) groups is 1. The van der Waals surface area contributed by atoms with E-state index in [-0.39, 0.29) is 18.1 Å². The summed E-state index contributed by atoms with van der Waals surface area (Å²) in [6, 6.07) is 10.8. The van der Waals surface area contributed by atoms with Gasteiger partial charge in [-0.05, 0) is 34.1 Å². The van der Waals surface area contributed by atoms with Gasteiger partial charge in [-0.3, -0.25) is 4.79 Å². The molecule has 0 aliphatic carbocycles. The van der Waals surface area contributed by atoms with E-state index < -0.39 is 0 Å². The summed E-state index contributed by atoms with van der Waals surface area (Å²) < 4.78 is 1.05. The molecule has 0 spiro atoms. The van der Waals surface area contributed by atoms with Crippen LogP contribution in [-0.2, 0) is 17.8 Å². The lowest BCUT2D eigenvalue weighted by atomic mass is 10.1. The number of aromatic hydroxyl groups is 1. The number of hydrogen-bond acceptors (Lipinski definition) is 3. The number of benzene rings is 1. The van der Waals surface area contributed by atoms with Gasteiger partial charge in [-0.15, -0.1) is 11.3 Å². The molecule has 2 rings (SSSR count). The molecular formula is C13H12BrNO2S. The second kappa shape index (κ2) is 6.02. The van der Waals surface area contributed by atoms with Crippen LogP contribution in [0, 0.1) is 0 Å². The summed E-state index contributed by atoms with van der Waals surface area (Å²) in [5, 5.41) is 12.4. The molecule has 0 saturated carbocycles. The van der Waals surface area contributed by atoms with Crippen LogP contribution >= 0.6 is 27.3 Å². The van der Waals surface area contributed by atoms with Crippen molar-refractivity contribution in [2.45, 2.75) is 13.0 Å². The average molecular weight is 326 g/mol. The lowest BCUT2D eigenvalue weighted by Gasteiger charge is -2.05. The number of hydrogen-bond donors (Lipinski definition) is 2. The molecule has 0 bridgehead atoms. The fraction of sp³-hybridized carbons (Fsp3) is 0.154. The predicted octanol–water partition coefficient (Wildman–Crippen LogP) is 3.08. The van der Waals surface area contributed by atoms with E-state index in [4.69, 9.17) is 0 Å². The molecule has 0 aliphatic rings. The summed E-state index contributed by atoms with van der Waals surface area (Å²) in [5.41, 5.74) is 0.641. The van der Waals surface area contributed by atoms with Crippen LogP contribution in [0.5, 0.6) is 5.75 Å². The van der Waals surface area contributed by atoms with Crippen molar-refractivity contribution >= 4 is 33.2 Å². The molecule has 0 fully saturated rings. The standard InChI is InChI=1S/C13H12BrNO2S/c14-12-6-5-10(18-12)8-15-13(17)7-9-3-1-2-4-11(9)16/h1-6,16H,7-8H2,(H,15,17). The molecule has 94 valence electrons. The second-order valence-corrected chi connectivity index (χ2v) is 6.34. The summed E-state index contributed by atoms with van der Waals surface area (Å²) in [6.07, 6.45) is 0.194. The summed E-state index contributed by atoms with van der Waals surface area (Å²) >= 11 is 4.97. The first-order chi connectivity index (χ1) is 8.65. The third-order valence-electron chi connectivity index (χ3n) is 2.43. The Morgan fingerprint density at radius 1 is 1.28 bits per heavy atom. The zero-order valence-electron chi connectivity index (χ0n) is 9.52. The Hall–Kier alpha value is -1.33. The average Bonchev–Trinajstić information content (AvgIpc) is 2.76. The maximum absolute atomic E-state index is 11.7. The van der Waals surface area contributed by atoms with Gasteiger partial charge in [0.25, 0.3) is 0 Å². The molecule has 3 nitrogen and oxygen atoms in total. The maximum Gasteiger partial charge on any atom is 0.224 e. The molecule has 1 aromatic heterocycles. The fourth-order valence-electron chi connectivity index (χ4n) is 1.53. The van der Waals surface area contributed by atoms with E-state index in [1.807, 2.05) is 12.1 Å². The van der Waals surface area contributed by atoms with E-state index in [0.717, 1.165) is 8.66 Å². The van der Waals surface area contributed by atoms with Crippen molar-refractivity contribution < 1.29 is 9.90 Å². The van der Waals surface area contributed by atoms with E-state index in [1.54, 1.807) is 35.6 Å². The summed E-state index contributed by atoms with van der Waals surface area (Å²) in [5.74, 6) is 0.0625. The van der Waals surface area contributed by atoms with Crippen LogP contribution in [0.2, 0.25) is 0 Å². The predicted molar refractivity (Wildman–Crippen MR) is 75.7 cm³/mol. The summed E-state index contributed by atoms with van der Waals surface area (Å²) in [7, 11) is 0. The van der Waals surface area contributed by atoms with E-state index in [2.05, 4.69) is 21.2 Å². The highest BCUT2D eigenvalue weighted by molar-refractivity contribution is 9.11. The molecule has 1 heterocycles. The molecule has 0 unspecified atom stereocenters. The minimum absolute atomic E-state index is 0.0963. The first-order valence-electron chi connectivity index (χ1n) is 5.43. The molecular weight excluding hydrogens is 314 g/mol. The molecule has 0 atom stereocenters. The Balaban J connectivity index is 1.88. The van der Waals surface area contributed by atoms with Crippen LogP contribution in [-0.4, -0.2) is 11.0 Å². The number of rotatable bonds is 4. The van der Waals surface area contributed by atoms with Gasteiger partial charge in [0.15, 0.2) is 0 Å². The minimum atomic E-state index is -0.0963. The Labute approximate surface area is 118 Å². The number of phenolic OH excluding ortho intramolecular Hbond substituents is 1. The number of amides is 1. The van der Waals surface area contributed by atoms with Crippen LogP contribution < -0.4 is 5.32 Å². The number of carbonyl (C=O) groups excluding carboxylic acids is 1. The van der Waals surface area contributed by atoms with E-state index >= 15 is 0 Å². The van der Waals surface area contributed by atoms with E-state index in [0.29, 0.717) is 12.1 Å². The maximum atomic E-state index is 11.7.